The average molecular weight is 280 g/mol. The second-order valence-electron chi connectivity index (χ2n) is 4.86. The number of nitrogens with zero attached hydrogens (tertiary/aromatic N) is 4. The van der Waals surface area contributed by atoms with Crippen LogP contribution < -0.4 is 9.80 Å². The summed E-state index contributed by atoms with van der Waals surface area (Å²) in [5.74, 6) is 0. The normalized spacial score (nSPS) is 18.9. The number of hydrogen-bond acceptors (Lipinski definition) is 4. The van der Waals surface area contributed by atoms with Gasteiger partial charge >= 0.3 is 12.7 Å². The van der Waals surface area contributed by atoms with Gasteiger partial charge in [0.05, 0.1) is 13.2 Å². The molecule has 0 saturated heterocycles. The molecule has 0 saturated carbocycles. The van der Waals surface area contributed by atoms with E-state index in [1.54, 1.807) is 0 Å². The molecule has 0 N–H and O–H groups in total. The quantitative estimate of drug-likeness (QED) is 0.426. The Balaban J connectivity index is 1.39. The maximum Gasteiger partial charge on any atom is 0.385 e. The van der Waals surface area contributed by atoms with Gasteiger partial charge in [-0.05, 0) is 9.80 Å². The lowest BCUT2D eigenvalue weighted by atomic mass is 10.6. The molecule has 2 heterocycles. The fraction of sp³-hybridized carbons (Fsp3) is 0.571. The van der Waals surface area contributed by atoms with Gasteiger partial charge < -0.3 is 9.47 Å². The van der Waals surface area contributed by atoms with Crippen LogP contribution in [0.25, 0.3) is 0 Å². The number of rotatable bonds is 9. The second kappa shape index (κ2) is 8.06. The van der Waals surface area contributed by atoms with Gasteiger partial charge in [0.25, 0.3) is 0 Å². The van der Waals surface area contributed by atoms with Crippen LogP contribution in [-0.2, 0) is 9.47 Å². The molecule has 6 nitrogen and oxygen atoms in total. The van der Waals surface area contributed by atoms with Gasteiger partial charge in [0.15, 0.2) is 13.1 Å². The zero-order chi connectivity index (χ0) is 14.2. The first kappa shape index (κ1) is 15.1. The lowest BCUT2D eigenvalue weighted by Gasteiger charge is -2.03. The van der Waals surface area contributed by atoms with Gasteiger partial charge in [-0.1, -0.05) is 0 Å². The largest absolute Gasteiger partial charge is 0.385 e. The van der Waals surface area contributed by atoms with Crippen LogP contribution in [-0.4, -0.2) is 75.4 Å². The highest BCUT2D eigenvalue weighted by molar-refractivity contribution is 5.56. The predicted molar refractivity (Wildman–Crippen MR) is 78.4 cm³/mol. The minimum absolute atomic E-state index is 0.646. The topological polar surface area (TPSA) is 36.3 Å². The van der Waals surface area contributed by atoms with E-state index >= 15 is 0 Å². The smallest absolute Gasteiger partial charge is 0.373 e. The van der Waals surface area contributed by atoms with Crippen molar-refractivity contribution in [1.29, 1.82) is 0 Å². The lowest BCUT2D eigenvalue weighted by molar-refractivity contribution is -0.414. The van der Waals surface area contributed by atoms with Crippen molar-refractivity contribution in [1.82, 2.24) is 9.80 Å². The molecular formula is C14H24N4O2+4. The molecule has 0 atom stereocenters. The highest BCUT2D eigenvalue weighted by Crippen LogP contribution is 1.92. The van der Waals surface area contributed by atoms with Gasteiger partial charge in [-0.15, -0.1) is 0 Å². The van der Waals surface area contributed by atoms with E-state index in [0.29, 0.717) is 26.4 Å². The molecule has 0 unspecified atom stereocenters. The molecular weight excluding hydrogens is 256 g/mol. The van der Waals surface area contributed by atoms with E-state index in [9.17, 15) is 0 Å². The summed E-state index contributed by atoms with van der Waals surface area (Å²) in [6.07, 6.45) is 12.2. The van der Waals surface area contributed by atoms with Gasteiger partial charge in [-0.2, -0.15) is 9.15 Å². The van der Waals surface area contributed by atoms with E-state index in [0.717, 1.165) is 13.1 Å². The molecule has 6 heteroatoms. The van der Waals surface area contributed by atoms with Crippen LogP contribution in [0.5, 0.6) is 0 Å². The third-order valence-electron chi connectivity index (χ3n) is 3.01. The Labute approximate surface area is 120 Å². The maximum atomic E-state index is 5.54. The van der Waals surface area contributed by atoms with Crippen molar-refractivity contribution in [2.24, 2.45) is 0 Å². The summed E-state index contributed by atoms with van der Waals surface area (Å²) in [5.41, 5.74) is 0. The first-order valence-electron chi connectivity index (χ1n) is 6.91. The minimum Gasteiger partial charge on any atom is -0.373 e. The van der Waals surface area contributed by atoms with Crippen LogP contribution in [0.15, 0.2) is 24.8 Å². The van der Waals surface area contributed by atoms with Gasteiger partial charge in [-0.25, -0.2) is 0 Å². The van der Waals surface area contributed by atoms with Crippen molar-refractivity contribution in [3.8, 4) is 0 Å². The van der Waals surface area contributed by atoms with Gasteiger partial charge in [-0.3, -0.25) is 0 Å². The average Bonchev–Trinajstić information content (AvgIpc) is 3.02. The molecule has 0 aliphatic carbocycles. The summed E-state index contributed by atoms with van der Waals surface area (Å²) < 4.78 is 15.1. The fourth-order valence-corrected chi connectivity index (χ4v) is 1.93. The molecule has 20 heavy (non-hydrogen) atoms. The van der Waals surface area contributed by atoms with Crippen molar-refractivity contribution in [2.45, 2.75) is 0 Å². The number of ether oxygens (including phenoxy) is 2. The summed E-state index contributed by atoms with van der Waals surface area (Å²) in [6, 6.07) is 0. The first-order chi connectivity index (χ1) is 9.74. The summed E-state index contributed by atoms with van der Waals surface area (Å²) in [6.45, 7) is 4.47. The molecule has 2 aliphatic rings. The van der Waals surface area contributed by atoms with Gasteiger partial charge in [0.2, 0.25) is 24.8 Å². The van der Waals surface area contributed by atoms with E-state index in [4.69, 9.17) is 9.47 Å². The van der Waals surface area contributed by atoms with Crippen molar-refractivity contribution in [2.75, 3.05) is 53.6 Å². The standard InChI is InChI=1S/C14H24N4O2/c1-15-3-5-17(13-15)7-9-19-11-12-20-10-8-18-6-4-16(2)14-18/h3-6,13-14H,7-12H2,1-2H3/q+4. The monoisotopic (exact) mass is 280 g/mol. The van der Waals surface area contributed by atoms with Crippen LogP contribution in [0.4, 0.5) is 0 Å². The summed E-state index contributed by atoms with van der Waals surface area (Å²) in [5, 5.41) is 0. The molecule has 0 bridgehead atoms. The van der Waals surface area contributed by atoms with E-state index in [2.05, 4.69) is 9.80 Å². The molecule has 2 rings (SSSR count). The molecule has 0 aromatic heterocycles. The van der Waals surface area contributed by atoms with Crippen molar-refractivity contribution in [3.05, 3.63) is 24.8 Å². The molecule has 0 fully saturated rings. The second-order valence-corrected chi connectivity index (χ2v) is 4.86. The zero-order valence-corrected chi connectivity index (χ0v) is 12.3. The maximum absolute atomic E-state index is 5.54. The van der Waals surface area contributed by atoms with Crippen LogP contribution >= 0.6 is 0 Å². The van der Waals surface area contributed by atoms with E-state index < -0.39 is 0 Å². The van der Waals surface area contributed by atoms with E-state index in [1.807, 2.05) is 60.7 Å². The molecule has 2 radical (unpaired) electrons. The Kier molecular flexibility index (Phi) is 6.07. The molecule has 0 spiro atoms. The van der Waals surface area contributed by atoms with Gasteiger partial charge in [0, 0.05) is 0 Å². The van der Waals surface area contributed by atoms with Crippen molar-refractivity contribution >= 4 is 12.7 Å². The number of hydrogen-bond donors (Lipinski definition) is 0. The highest BCUT2D eigenvalue weighted by Gasteiger charge is 2.21. The third kappa shape index (κ3) is 5.34. The van der Waals surface area contributed by atoms with E-state index in [-0.39, 0.29) is 0 Å². The Morgan fingerprint density at radius 1 is 0.650 bits per heavy atom. The zero-order valence-electron chi connectivity index (χ0n) is 12.3. The molecule has 0 aromatic rings. The van der Waals surface area contributed by atoms with E-state index in [1.165, 1.54) is 0 Å². The first-order valence-corrected chi connectivity index (χ1v) is 6.91. The van der Waals surface area contributed by atoms with Crippen molar-refractivity contribution in [3.63, 3.8) is 0 Å². The lowest BCUT2D eigenvalue weighted by Crippen LogP contribution is -2.27. The van der Waals surface area contributed by atoms with Crippen LogP contribution in [0.3, 0.4) is 0 Å². The Morgan fingerprint density at radius 2 is 1.10 bits per heavy atom. The molecule has 2 aliphatic heterocycles. The molecule has 0 amide bonds. The summed E-state index contributed by atoms with van der Waals surface area (Å²) in [7, 11) is 4.02. The Morgan fingerprint density at radius 3 is 1.45 bits per heavy atom. The Bertz CT molecular complexity index is 389. The highest BCUT2D eigenvalue weighted by atomic mass is 16.5. The summed E-state index contributed by atoms with van der Waals surface area (Å²) >= 11 is 0. The van der Waals surface area contributed by atoms with Crippen molar-refractivity contribution < 1.29 is 18.6 Å². The summed E-state index contributed by atoms with van der Waals surface area (Å²) in [4.78, 5) is 4.21. The minimum atomic E-state index is 0.646. The molecule has 0 aromatic carbocycles. The van der Waals surface area contributed by atoms with Crippen LogP contribution in [0.1, 0.15) is 0 Å². The predicted octanol–water partition coefficient (Wildman–Crippen LogP) is -0.389. The third-order valence-corrected chi connectivity index (χ3v) is 3.01. The fourth-order valence-electron chi connectivity index (χ4n) is 1.93. The van der Waals surface area contributed by atoms with Gasteiger partial charge in [0.1, 0.15) is 27.3 Å². The van der Waals surface area contributed by atoms with Crippen LogP contribution in [0.2, 0.25) is 0 Å². The van der Waals surface area contributed by atoms with Crippen LogP contribution in [0, 0.1) is 0 Å². The Hall–Kier alpha value is -1.34. The SMILES string of the molecule is C[N+]1=C[N+](CCOCCOCC[N+]2C=C[N+](C)=C2)C=C1. The molecule has 108 valence electrons.